The van der Waals surface area contributed by atoms with Crippen LogP contribution < -0.4 is 5.73 Å². The highest BCUT2D eigenvalue weighted by atomic mass is 19.4. The molecule has 1 aromatic heterocycles. The van der Waals surface area contributed by atoms with Gasteiger partial charge in [0.05, 0.1) is 16.8 Å². The van der Waals surface area contributed by atoms with Crippen molar-refractivity contribution in [2.75, 3.05) is 5.73 Å². The molecule has 128 valence electrons. The molecule has 8 heteroatoms. The third-order valence-electron chi connectivity index (χ3n) is 3.58. The van der Waals surface area contributed by atoms with Crippen LogP contribution >= 0.6 is 0 Å². The molecule has 3 aromatic rings. The topological polar surface area (TPSA) is 60.9 Å². The van der Waals surface area contributed by atoms with Gasteiger partial charge in [-0.05, 0) is 12.1 Å². The Morgan fingerprint density at radius 1 is 1.12 bits per heavy atom. The van der Waals surface area contributed by atoms with E-state index in [4.69, 9.17) is 5.73 Å². The lowest BCUT2D eigenvalue weighted by Crippen LogP contribution is -2.15. The zero-order valence-electron chi connectivity index (χ0n) is 12.6. The minimum absolute atomic E-state index is 0.126. The number of benzene rings is 2. The van der Waals surface area contributed by atoms with Crippen LogP contribution in [-0.4, -0.2) is 15.3 Å². The van der Waals surface area contributed by atoms with Crippen LogP contribution in [0.5, 0.6) is 0 Å². The zero-order valence-corrected chi connectivity index (χ0v) is 12.6. The van der Waals surface area contributed by atoms with Crippen molar-refractivity contribution in [2.24, 2.45) is 0 Å². The Hall–Kier alpha value is -3.16. The van der Waals surface area contributed by atoms with Crippen molar-refractivity contribution in [3.8, 4) is 5.69 Å². The fraction of sp³-hybridized carbons (Fsp3) is 0.0588. The maximum absolute atomic E-state index is 14.5. The van der Waals surface area contributed by atoms with E-state index in [0.29, 0.717) is 12.1 Å². The van der Waals surface area contributed by atoms with Gasteiger partial charge in [-0.25, -0.2) is 9.37 Å². The number of hydrogen-bond acceptors (Lipinski definition) is 3. The number of nitrogen functional groups attached to an aromatic ring is 1. The predicted octanol–water partition coefficient (Wildman–Crippen LogP) is 3.84. The van der Waals surface area contributed by atoms with Crippen LogP contribution in [-0.2, 0) is 6.18 Å². The molecular formula is C17H11F4N3O. The van der Waals surface area contributed by atoms with Gasteiger partial charge in [-0.2, -0.15) is 13.2 Å². The highest BCUT2D eigenvalue weighted by molar-refractivity contribution is 6.11. The molecule has 0 saturated carbocycles. The van der Waals surface area contributed by atoms with Crippen LogP contribution in [0.1, 0.15) is 21.5 Å². The number of hydrogen-bond donors (Lipinski definition) is 1. The number of aromatic nitrogens is 2. The molecule has 3 rings (SSSR count). The summed E-state index contributed by atoms with van der Waals surface area (Å²) >= 11 is 0. The second-order valence-corrected chi connectivity index (χ2v) is 5.20. The summed E-state index contributed by atoms with van der Waals surface area (Å²) in [6, 6.07) is 8.58. The van der Waals surface area contributed by atoms with Gasteiger partial charge in [0.2, 0.25) is 5.95 Å². The number of ketones is 1. The molecule has 0 unspecified atom stereocenters. The molecule has 0 radical (unpaired) electrons. The first kappa shape index (κ1) is 16.7. The Morgan fingerprint density at radius 2 is 1.80 bits per heavy atom. The number of halogens is 4. The third-order valence-corrected chi connectivity index (χ3v) is 3.58. The maximum atomic E-state index is 14.5. The minimum Gasteiger partial charge on any atom is -0.369 e. The SMILES string of the molecule is Nc1nccn1-c1c(F)cc(C(F)(F)F)cc1C(=O)c1ccccc1. The molecule has 25 heavy (non-hydrogen) atoms. The lowest BCUT2D eigenvalue weighted by molar-refractivity contribution is -0.137. The number of carbonyl (C=O) groups is 1. The van der Waals surface area contributed by atoms with E-state index in [1.54, 1.807) is 18.2 Å². The Balaban J connectivity index is 2.28. The van der Waals surface area contributed by atoms with Gasteiger partial charge in [0, 0.05) is 18.0 Å². The van der Waals surface area contributed by atoms with E-state index in [0.717, 1.165) is 4.57 Å². The summed E-state index contributed by atoms with van der Waals surface area (Å²) in [5.41, 5.74) is 3.66. The van der Waals surface area contributed by atoms with Gasteiger partial charge in [-0.3, -0.25) is 9.36 Å². The van der Waals surface area contributed by atoms with Gasteiger partial charge in [0.25, 0.3) is 0 Å². The molecule has 4 nitrogen and oxygen atoms in total. The number of imidazole rings is 1. The molecule has 1 heterocycles. The number of carbonyl (C=O) groups excluding carboxylic acids is 1. The first-order valence-corrected chi connectivity index (χ1v) is 7.08. The molecule has 0 aliphatic carbocycles. The summed E-state index contributed by atoms with van der Waals surface area (Å²) in [7, 11) is 0. The standard InChI is InChI=1S/C17H11F4N3O/c18-13-9-11(17(19,20)21)8-12(14(13)24-7-6-23-16(24)22)15(25)10-4-2-1-3-5-10/h1-9H,(H2,22,23). The van der Waals surface area contributed by atoms with Gasteiger partial charge in [-0.1, -0.05) is 30.3 Å². The maximum Gasteiger partial charge on any atom is 0.416 e. The van der Waals surface area contributed by atoms with Gasteiger partial charge in [-0.15, -0.1) is 0 Å². The van der Waals surface area contributed by atoms with Crippen molar-refractivity contribution in [3.05, 3.63) is 77.4 Å². The Bertz CT molecular complexity index is 933. The van der Waals surface area contributed by atoms with Crippen molar-refractivity contribution in [1.82, 2.24) is 9.55 Å². The highest BCUT2D eigenvalue weighted by Gasteiger charge is 2.34. The van der Waals surface area contributed by atoms with E-state index in [1.807, 2.05) is 0 Å². The number of rotatable bonds is 3. The summed E-state index contributed by atoms with van der Waals surface area (Å²) < 4.78 is 54.7. The Morgan fingerprint density at radius 3 is 2.36 bits per heavy atom. The Kier molecular flexibility index (Phi) is 4.03. The van der Waals surface area contributed by atoms with E-state index < -0.39 is 28.9 Å². The van der Waals surface area contributed by atoms with Crippen LogP contribution in [0.3, 0.4) is 0 Å². The molecule has 0 aliphatic heterocycles. The van der Waals surface area contributed by atoms with E-state index >= 15 is 0 Å². The molecule has 2 aromatic carbocycles. The number of nitrogens with two attached hydrogens (primary N) is 1. The summed E-state index contributed by atoms with van der Waals surface area (Å²) in [6.07, 6.45) is -2.28. The van der Waals surface area contributed by atoms with E-state index in [-0.39, 0.29) is 17.2 Å². The molecule has 0 saturated heterocycles. The smallest absolute Gasteiger partial charge is 0.369 e. The summed E-state index contributed by atoms with van der Waals surface area (Å²) in [5.74, 6) is -2.13. The molecule has 0 atom stereocenters. The van der Waals surface area contributed by atoms with Gasteiger partial charge >= 0.3 is 6.18 Å². The zero-order chi connectivity index (χ0) is 18.2. The fourth-order valence-electron chi connectivity index (χ4n) is 2.43. The number of anilines is 1. The van der Waals surface area contributed by atoms with E-state index in [9.17, 15) is 22.4 Å². The lowest BCUT2D eigenvalue weighted by Gasteiger charge is -2.15. The van der Waals surface area contributed by atoms with Crippen LogP contribution in [0.15, 0.2) is 54.9 Å². The van der Waals surface area contributed by atoms with Crippen molar-refractivity contribution >= 4 is 11.7 Å². The van der Waals surface area contributed by atoms with Gasteiger partial charge in [0.15, 0.2) is 5.78 Å². The lowest BCUT2D eigenvalue weighted by atomic mass is 9.98. The van der Waals surface area contributed by atoms with Crippen molar-refractivity contribution in [1.29, 1.82) is 0 Å². The molecule has 0 fully saturated rings. The van der Waals surface area contributed by atoms with E-state index in [1.165, 1.54) is 24.5 Å². The highest BCUT2D eigenvalue weighted by Crippen LogP contribution is 2.34. The second-order valence-electron chi connectivity index (χ2n) is 5.20. The van der Waals surface area contributed by atoms with Gasteiger partial charge < -0.3 is 5.73 Å². The van der Waals surface area contributed by atoms with Crippen molar-refractivity contribution in [3.63, 3.8) is 0 Å². The predicted molar refractivity (Wildman–Crippen MR) is 82.8 cm³/mol. The molecule has 0 bridgehead atoms. The quantitative estimate of drug-likeness (QED) is 0.577. The van der Waals surface area contributed by atoms with Crippen LogP contribution in [0.25, 0.3) is 5.69 Å². The number of nitrogens with zero attached hydrogens (tertiary/aromatic N) is 2. The average molecular weight is 349 g/mol. The van der Waals surface area contributed by atoms with Gasteiger partial charge in [0.1, 0.15) is 5.82 Å². The first-order valence-electron chi connectivity index (χ1n) is 7.08. The molecule has 0 spiro atoms. The van der Waals surface area contributed by atoms with Crippen molar-refractivity contribution < 1.29 is 22.4 Å². The average Bonchev–Trinajstić information content (AvgIpc) is 2.99. The van der Waals surface area contributed by atoms with E-state index in [2.05, 4.69) is 4.98 Å². The van der Waals surface area contributed by atoms with Crippen LogP contribution in [0.4, 0.5) is 23.5 Å². The first-order chi connectivity index (χ1) is 11.8. The third kappa shape index (κ3) is 3.10. The summed E-state index contributed by atoms with van der Waals surface area (Å²) in [6.45, 7) is 0. The van der Waals surface area contributed by atoms with Crippen molar-refractivity contribution in [2.45, 2.75) is 6.18 Å². The molecule has 0 amide bonds. The largest absolute Gasteiger partial charge is 0.416 e. The van der Waals surface area contributed by atoms with Crippen LogP contribution in [0.2, 0.25) is 0 Å². The molecule has 2 N–H and O–H groups in total. The fourth-order valence-corrected chi connectivity index (χ4v) is 2.43. The monoisotopic (exact) mass is 349 g/mol. The molecule has 0 aliphatic rings. The number of alkyl halides is 3. The Labute approximate surface area is 139 Å². The normalized spacial score (nSPS) is 11.5. The summed E-state index contributed by atoms with van der Waals surface area (Å²) in [5, 5.41) is 0. The summed E-state index contributed by atoms with van der Waals surface area (Å²) in [4.78, 5) is 16.4. The second kappa shape index (κ2) is 6.04. The minimum atomic E-state index is -4.80. The van der Waals surface area contributed by atoms with Crippen LogP contribution in [0, 0.1) is 5.82 Å². The molecular weight excluding hydrogens is 338 g/mol.